The van der Waals surface area contributed by atoms with E-state index in [0.717, 1.165) is 17.2 Å². The minimum Gasteiger partial charge on any atom is -0.329 e. The van der Waals surface area contributed by atoms with E-state index in [1.807, 2.05) is 0 Å². The van der Waals surface area contributed by atoms with Crippen LogP contribution in [-0.4, -0.2) is 61.1 Å². The Morgan fingerprint density at radius 2 is 2.17 bits per heavy atom. The zero-order valence-electron chi connectivity index (χ0n) is 15.5. The van der Waals surface area contributed by atoms with Crippen LogP contribution in [0.2, 0.25) is 5.15 Å². The van der Waals surface area contributed by atoms with Crippen molar-refractivity contribution in [1.82, 2.24) is 14.8 Å². The molecule has 3 N–H and O–H groups in total. The number of hydrogen-bond acceptors (Lipinski definition) is 6. The number of nitrogens with one attached hydrogen (secondary N) is 1. The van der Waals surface area contributed by atoms with E-state index < -0.39 is 45.8 Å². The van der Waals surface area contributed by atoms with Gasteiger partial charge in [-0.25, -0.2) is 17.9 Å². The van der Waals surface area contributed by atoms with Gasteiger partial charge in [0.2, 0.25) is 0 Å². The molecule has 0 spiro atoms. The highest BCUT2D eigenvalue weighted by atomic mass is 35.5. The summed E-state index contributed by atoms with van der Waals surface area (Å²) < 4.78 is 52.7. The third kappa shape index (κ3) is 5.05. The Labute approximate surface area is 177 Å². The lowest BCUT2D eigenvalue weighted by Gasteiger charge is -2.21. The molecule has 162 valence electrons. The van der Waals surface area contributed by atoms with Gasteiger partial charge in [0.05, 0.1) is 30.0 Å². The van der Waals surface area contributed by atoms with E-state index in [9.17, 15) is 22.2 Å². The average molecular weight is 463 g/mol. The molecule has 2 aromatic rings. The van der Waals surface area contributed by atoms with Crippen LogP contribution in [0.1, 0.15) is 6.42 Å². The standard InChI is InChI=1S/C17H18ClF3N6O2S/c18-15-14(7-27(25-15)12-3-11(19)5-24-6-12)26(2-1-22)16(28)13(23)9-30(29)8-10-4-17(10,20)21/h3,5-7,10,23H,1-2,4,8-9,22H2. The number of anilines is 1. The number of carbonyl (C=O) groups excluding carboxylic acids is 1. The molecule has 1 aliphatic carbocycles. The molecule has 2 aromatic heterocycles. The minimum absolute atomic E-state index is 0.0264. The molecule has 0 bridgehead atoms. The maximum Gasteiger partial charge on any atom is 0.273 e. The fraction of sp³-hybridized carbons (Fsp3) is 0.412. The Balaban J connectivity index is 1.75. The van der Waals surface area contributed by atoms with Crippen molar-refractivity contribution in [2.24, 2.45) is 11.7 Å². The summed E-state index contributed by atoms with van der Waals surface area (Å²) in [5.74, 6) is -5.96. The van der Waals surface area contributed by atoms with Gasteiger partial charge in [-0.05, 0) is 0 Å². The van der Waals surface area contributed by atoms with E-state index >= 15 is 0 Å². The molecule has 30 heavy (non-hydrogen) atoms. The molecule has 1 aliphatic rings. The quantitative estimate of drug-likeness (QED) is 0.551. The fourth-order valence-electron chi connectivity index (χ4n) is 2.76. The second-order valence-corrected chi connectivity index (χ2v) is 8.61. The number of aromatic nitrogens is 3. The van der Waals surface area contributed by atoms with Crippen molar-refractivity contribution in [3.63, 3.8) is 0 Å². The molecule has 2 unspecified atom stereocenters. The van der Waals surface area contributed by atoms with Crippen LogP contribution < -0.4 is 10.6 Å². The molecule has 1 fully saturated rings. The van der Waals surface area contributed by atoms with Crippen LogP contribution in [0.4, 0.5) is 18.9 Å². The van der Waals surface area contributed by atoms with Crippen LogP contribution in [-0.2, 0) is 15.6 Å². The molecule has 2 heterocycles. The monoisotopic (exact) mass is 462 g/mol. The molecule has 3 rings (SSSR count). The van der Waals surface area contributed by atoms with E-state index in [4.69, 9.17) is 22.7 Å². The van der Waals surface area contributed by atoms with Gasteiger partial charge in [0, 0.05) is 48.0 Å². The molecular formula is C17H18ClF3N6O2S. The summed E-state index contributed by atoms with van der Waals surface area (Å²) in [6.45, 7) is 0.000788. The van der Waals surface area contributed by atoms with E-state index in [0.29, 0.717) is 0 Å². The third-order valence-corrected chi connectivity index (χ3v) is 6.06. The Kier molecular flexibility index (Phi) is 6.58. The first kappa shape index (κ1) is 22.4. The number of nitrogens with two attached hydrogens (primary N) is 1. The highest BCUT2D eigenvalue weighted by molar-refractivity contribution is 7.85. The van der Waals surface area contributed by atoms with Crippen molar-refractivity contribution >= 4 is 39.7 Å². The summed E-state index contributed by atoms with van der Waals surface area (Å²) >= 11 is 6.13. The fourth-order valence-corrected chi connectivity index (χ4v) is 4.37. The van der Waals surface area contributed by atoms with Crippen molar-refractivity contribution in [3.8, 4) is 5.69 Å². The Bertz CT molecular complexity index is 1000. The van der Waals surface area contributed by atoms with Gasteiger partial charge < -0.3 is 10.6 Å². The number of alkyl halides is 2. The largest absolute Gasteiger partial charge is 0.329 e. The Morgan fingerprint density at radius 3 is 2.77 bits per heavy atom. The van der Waals surface area contributed by atoms with Crippen LogP contribution >= 0.6 is 11.6 Å². The second-order valence-electron chi connectivity index (χ2n) is 6.75. The number of rotatable bonds is 9. The van der Waals surface area contributed by atoms with Crippen molar-refractivity contribution in [2.75, 3.05) is 29.5 Å². The number of amides is 1. The van der Waals surface area contributed by atoms with Gasteiger partial charge in [-0.1, -0.05) is 11.6 Å². The first-order valence-electron chi connectivity index (χ1n) is 8.80. The number of pyridine rings is 1. The van der Waals surface area contributed by atoms with Crippen molar-refractivity contribution in [2.45, 2.75) is 12.3 Å². The molecule has 8 nitrogen and oxygen atoms in total. The molecule has 0 aliphatic heterocycles. The summed E-state index contributed by atoms with van der Waals surface area (Å²) in [6.07, 6.45) is 3.37. The maximum atomic E-state index is 13.4. The van der Waals surface area contributed by atoms with Gasteiger partial charge in [-0.15, -0.1) is 0 Å². The molecular weight excluding hydrogens is 445 g/mol. The molecule has 0 saturated heterocycles. The van der Waals surface area contributed by atoms with Gasteiger partial charge in [0.25, 0.3) is 11.8 Å². The normalized spacial score (nSPS) is 18.1. The zero-order valence-corrected chi connectivity index (χ0v) is 17.1. The summed E-state index contributed by atoms with van der Waals surface area (Å²) in [6, 6.07) is 1.16. The first-order valence-corrected chi connectivity index (χ1v) is 10.7. The SMILES string of the molecule is N=C(CS(=O)CC1CC1(F)F)C(=O)N(CCN)c1cn(-c2cncc(F)c2)nc1Cl. The molecule has 0 aromatic carbocycles. The minimum atomic E-state index is -2.82. The number of hydrogen-bond donors (Lipinski definition) is 2. The number of halogens is 4. The number of nitrogens with zero attached hydrogens (tertiary/aromatic N) is 4. The van der Waals surface area contributed by atoms with E-state index in [1.165, 1.54) is 17.1 Å². The van der Waals surface area contributed by atoms with Crippen molar-refractivity contribution in [3.05, 3.63) is 35.6 Å². The van der Waals surface area contributed by atoms with Crippen LogP contribution in [0.5, 0.6) is 0 Å². The molecule has 2 atom stereocenters. The second kappa shape index (κ2) is 8.82. The van der Waals surface area contributed by atoms with E-state index in [1.54, 1.807) is 0 Å². The Hall–Kier alpha value is -2.31. The lowest BCUT2D eigenvalue weighted by Crippen LogP contribution is -2.41. The lowest BCUT2D eigenvalue weighted by atomic mass is 10.3. The maximum absolute atomic E-state index is 13.4. The van der Waals surface area contributed by atoms with Crippen molar-refractivity contribution < 1.29 is 22.2 Å². The first-order chi connectivity index (χ1) is 14.1. The average Bonchev–Trinajstić information content (AvgIpc) is 3.08. The van der Waals surface area contributed by atoms with Gasteiger partial charge in [-0.2, -0.15) is 5.10 Å². The van der Waals surface area contributed by atoms with Crippen LogP contribution in [0.15, 0.2) is 24.7 Å². The van der Waals surface area contributed by atoms with Crippen LogP contribution in [0.25, 0.3) is 5.69 Å². The summed E-state index contributed by atoms with van der Waals surface area (Å²) in [5, 5.41) is 11.9. The van der Waals surface area contributed by atoms with E-state index in [-0.39, 0.29) is 41.8 Å². The summed E-state index contributed by atoms with van der Waals surface area (Å²) in [5.41, 5.74) is 5.40. The molecule has 1 amide bonds. The summed E-state index contributed by atoms with van der Waals surface area (Å²) in [4.78, 5) is 17.5. The van der Waals surface area contributed by atoms with Gasteiger partial charge in [0.15, 0.2) is 5.15 Å². The van der Waals surface area contributed by atoms with Crippen LogP contribution in [0.3, 0.4) is 0 Å². The van der Waals surface area contributed by atoms with Gasteiger partial charge in [0.1, 0.15) is 17.2 Å². The van der Waals surface area contributed by atoms with Crippen LogP contribution in [0, 0.1) is 17.1 Å². The highest BCUT2D eigenvalue weighted by Gasteiger charge is 2.57. The predicted molar refractivity (Wildman–Crippen MR) is 106 cm³/mol. The Morgan fingerprint density at radius 1 is 1.47 bits per heavy atom. The predicted octanol–water partition coefficient (Wildman–Crippen LogP) is 1.78. The van der Waals surface area contributed by atoms with Crippen molar-refractivity contribution in [1.29, 1.82) is 5.41 Å². The smallest absolute Gasteiger partial charge is 0.273 e. The zero-order chi connectivity index (χ0) is 22.1. The summed E-state index contributed by atoms with van der Waals surface area (Å²) in [7, 11) is -1.78. The molecule has 0 radical (unpaired) electrons. The van der Waals surface area contributed by atoms with E-state index in [2.05, 4.69) is 10.1 Å². The highest BCUT2D eigenvalue weighted by Crippen LogP contribution is 2.48. The van der Waals surface area contributed by atoms with Gasteiger partial charge in [-0.3, -0.25) is 19.4 Å². The number of carbonyl (C=O) groups is 1. The lowest BCUT2D eigenvalue weighted by molar-refractivity contribution is -0.112. The topological polar surface area (TPSA) is 118 Å². The molecule has 1 saturated carbocycles. The molecule has 13 heteroatoms. The van der Waals surface area contributed by atoms with Gasteiger partial charge >= 0.3 is 0 Å². The third-order valence-electron chi connectivity index (χ3n) is 4.40.